The Bertz CT molecular complexity index is 2500. The molecule has 4 aromatic rings. The molecule has 3 saturated heterocycles. The molecule has 3 aliphatic rings. The van der Waals surface area contributed by atoms with Gasteiger partial charge in [0.1, 0.15) is 30.4 Å². The van der Waals surface area contributed by atoms with Crippen LogP contribution in [-0.4, -0.2) is 129 Å². The van der Waals surface area contributed by atoms with Crippen molar-refractivity contribution in [1.29, 1.82) is 0 Å². The topological polar surface area (TPSA) is 240 Å². The van der Waals surface area contributed by atoms with Gasteiger partial charge in [0.2, 0.25) is 35.4 Å². The molecule has 3 fully saturated rings. The third-order valence-electron chi connectivity index (χ3n) is 13.3. The quantitative estimate of drug-likeness (QED) is 0.0864. The van der Waals surface area contributed by atoms with Crippen molar-refractivity contribution in [3.63, 3.8) is 0 Å². The number of halogens is 1. The molecule has 2 aromatic carbocycles. The number of hydrogen-bond acceptors (Lipinski definition) is 13. The predicted octanol–water partition coefficient (Wildman–Crippen LogP) is 4.92. The lowest BCUT2D eigenvalue weighted by molar-refractivity contribution is -0.143. The molecule has 18 nitrogen and oxygen atoms in total. The van der Waals surface area contributed by atoms with Gasteiger partial charge in [0.05, 0.1) is 39.9 Å². The second kappa shape index (κ2) is 23.7. The summed E-state index contributed by atoms with van der Waals surface area (Å²) in [6.07, 6.45) is 2.37. The van der Waals surface area contributed by atoms with E-state index in [9.17, 15) is 33.9 Å². The maximum atomic E-state index is 14.2. The van der Waals surface area contributed by atoms with Crippen LogP contribution < -0.4 is 25.8 Å². The van der Waals surface area contributed by atoms with Crippen LogP contribution in [0.3, 0.4) is 0 Å². The number of ether oxygens (including phenoxy) is 2. The second-order valence-corrected chi connectivity index (χ2v) is 19.9. The molecule has 2 aromatic heterocycles. The van der Waals surface area contributed by atoms with E-state index in [0.717, 1.165) is 27.3 Å². The van der Waals surface area contributed by atoms with Gasteiger partial charge >= 0.3 is 0 Å². The molecule has 0 spiro atoms. The lowest BCUT2D eigenvalue weighted by atomic mass is 9.91. The molecule has 6 amide bonds. The first-order chi connectivity index (χ1) is 33.6. The standard InChI is InChI=1S/C50H63ClN8O10S/c1-29(2)45(50(66)58-26-37(61)23-39(58)48(64)53-25-32-10-12-34(13-11-32)47-30(3)54-28-70-47)41-24-43(56-69-41)67-22-6-8-33-7-5-9-40(46(33)51)68-27-35(14-17-42(52)62)55-49(65)38-16-15-36-18-20-57(31(4)60)21-19-44(63)59(36)38/h5,7,9-13,24,28-29,35-39,45,61H,6,8,14-23,25-27H2,1-4H3,(H2,52,62)(H,53,64)(H,55,65)/t35-,36+,37+,38-,39-,45+/m0/s1. The summed E-state index contributed by atoms with van der Waals surface area (Å²) in [5, 5.41) is 21.1. The number of carbonyl (C=O) groups is 6. The van der Waals surface area contributed by atoms with Crippen molar-refractivity contribution >= 4 is 58.4 Å². The Morgan fingerprint density at radius 1 is 1.03 bits per heavy atom. The lowest BCUT2D eigenvalue weighted by Gasteiger charge is -2.35. The van der Waals surface area contributed by atoms with Gasteiger partial charge < -0.3 is 50.2 Å². The minimum atomic E-state index is -0.864. The number of likely N-dealkylation sites (tertiary alicyclic amines) is 1. The van der Waals surface area contributed by atoms with Gasteiger partial charge in [-0.3, -0.25) is 28.8 Å². The lowest BCUT2D eigenvalue weighted by Crippen LogP contribution is -2.54. The first kappa shape index (κ1) is 51.8. The highest BCUT2D eigenvalue weighted by Gasteiger charge is 2.44. The van der Waals surface area contributed by atoms with Crippen molar-refractivity contribution in [3.05, 3.63) is 81.6 Å². The van der Waals surface area contributed by atoms with E-state index in [1.165, 1.54) is 11.8 Å². The van der Waals surface area contributed by atoms with Gasteiger partial charge in [-0.1, -0.05) is 61.8 Å². The fourth-order valence-corrected chi connectivity index (χ4v) is 10.6. The Labute approximate surface area is 416 Å². The smallest absolute Gasteiger partial charge is 0.254 e. The van der Waals surface area contributed by atoms with Gasteiger partial charge in [0.25, 0.3) is 5.88 Å². The minimum absolute atomic E-state index is 0.00635. The van der Waals surface area contributed by atoms with Crippen molar-refractivity contribution in [1.82, 2.24) is 35.5 Å². The Balaban J connectivity index is 0.896. The van der Waals surface area contributed by atoms with Gasteiger partial charge in [0, 0.05) is 64.5 Å². The molecular formula is C50H63ClN8O10S. The third-order valence-corrected chi connectivity index (χ3v) is 14.7. The number of aryl methyl sites for hydroxylation is 2. The van der Waals surface area contributed by atoms with Crippen LogP contribution in [0.2, 0.25) is 5.02 Å². The monoisotopic (exact) mass is 1000 g/mol. The number of nitrogens with one attached hydrogen (secondary N) is 2. The molecule has 0 radical (unpaired) electrons. The van der Waals surface area contributed by atoms with Gasteiger partial charge in [-0.2, -0.15) is 0 Å². The average molecular weight is 1000 g/mol. The Morgan fingerprint density at radius 3 is 2.53 bits per heavy atom. The molecular weight excluding hydrogens is 940 g/mol. The minimum Gasteiger partial charge on any atom is -0.490 e. The number of benzene rings is 2. The highest BCUT2D eigenvalue weighted by Crippen LogP contribution is 2.34. The van der Waals surface area contributed by atoms with Gasteiger partial charge in [-0.25, -0.2) is 4.98 Å². The van der Waals surface area contributed by atoms with Crippen LogP contribution in [0.1, 0.15) is 101 Å². The number of amides is 6. The Hall–Kier alpha value is -6.05. The fourth-order valence-electron chi connectivity index (χ4n) is 9.56. The number of aromatic nitrogens is 2. The molecule has 0 unspecified atom stereocenters. The van der Waals surface area contributed by atoms with Gasteiger partial charge in [-0.05, 0) is 79.3 Å². The number of primary amides is 1. The van der Waals surface area contributed by atoms with Crippen molar-refractivity contribution in [2.45, 2.75) is 128 Å². The van der Waals surface area contributed by atoms with Crippen LogP contribution in [0, 0.1) is 12.8 Å². The zero-order valence-corrected chi connectivity index (χ0v) is 41.6. The maximum Gasteiger partial charge on any atom is 0.254 e. The molecule has 20 heteroatoms. The fraction of sp³-hybridized carbons (Fsp3) is 0.520. The summed E-state index contributed by atoms with van der Waals surface area (Å²) < 4.78 is 17.7. The average Bonchev–Trinajstić information content (AvgIpc) is 4.15. The Kier molecular flexibility index (Phi) is 17.5. The number of carbonyl (C=O) groups excluding carboxylic acids is 6. The number of aliphatic hydroxyl groups excluding tert-OH is 1. The zero-order chi connectivity index (χ0) is 50.1. The predicted molar refractivity (Wildman–Crippen MR) is 261 cm³/mol. The van der Waals surface area contributed by atoms with E-state index in [2.05, 4.69) is 20.8 Å². The molecule has 5 N–H and O–H groups in total. The van der Waals surface area contributed by atoms with Crippen molar-refractivity contribution in [2.24, 2.45) is 11.7 Å². The van der Waals surface area contributed by atoms with E-state index in [4.69, 9.17) is 31.3 Å². The number of thiazole rings is 1. The molecule has 0 bridgehead atoms. The summed E-state index contributed by atoms with van der Waals surface area (Å²) in [7, 11) is 0. The van der Waals surface area contributed by atoms with E-state index >= 15 is 0 Å². The van der Waals surface area contributed by atoms with Crippen LogP contribution in [-0.2, 0) is 41.7 Å². The van der Waals surface area contributed by atoms with E-state index in [1.54, 1.807) is 39.3 Å². The largest absolute Gasteiger partial charge is 0.490 e. The van der Waals surface area contributed by atoms with Crippen molar-refractivity contribution < 1.29 is 47.9 Å². The van der Waals surface area contributed by atoms with Crippen molar-refractivity contribution in [3.8, 4) is 22.1 Å². The van der Waals surface area contributed by atoms with Crippen LogP contribution in [0.25, 0.3) is 10.4 Å². The van der Waals surface area contributed by atoms with Crippen LogP contribution in [0.5, 0.6) is 11.6 Å². The molecule has 0 aliphatic carbocycles. The number of rotatable bonds is 20. The van der Waals surface area contributed by atoms with E-state index in [-0.39, 0.29) is 105 Å². The zero-order valence-electron chi connectivity index (χ0n) is 40.1. The molecule has 6 atom stereocenters. The third kappa shape index (κ3) is 12.8. The van der Waals surface area contributed by atoms with Crippen molar-refractivity contribution in [2.75, 3.05) is 32.8 Å². The number of hydrogen-bond donors (Lipinski definition) is 4. The number of β-amino-alcohol motifs (C(OH)–C–C–N with tert-alkyl or cyclic N) is 1. The molecule has 3 aliphatic heterocycles. The summed E-state index contributed by atoms with van der Waals surface area (Å²) >= 11 is 8.41. The van der Waals surface area contributed by atoms with Gasteiger partial charge in [-0.15, -0.1) is 11.3 Å². The highest BCUT2D eigenvalue weighted by molar-refractivity contribution is 7.13. The van der Waals surface area contributed by atoms with E-state index < -0.39 is 36.1 Å². The number of nitrogens with zero attached hydrogens (tertiary/aromatic N) is 5. The second-order valence-electron chi connectivity index (χ2n) is 18.7. The molecule has 376 valence electrons. The number of aliphatic hydroxyl groups is 1. The van der Waals surface area contributed by atoms with E-state index in [1.807, 2.05) is 56.6 Å². The number of nitrogens with two attached hydrogens (primary N) is 1. The maximum absolute atomic E-state index is 14.2. The number of fused-ring (bicyclic) bond motifs is 1. The first-order valence-corrected chi connectivity index (χ1v) is 25.2. The normalized spacial score (nSPS) is 20.1. The molecule has 5 heterocycles. The van der Waals surface area contributed by atoms with Gasteiger partial charge in [0.15, 0.2) is 5.76 Å². The SMILES string of the molecule is CC(=O)N1CCC(=O)N2[C@H](CC[C@H]2C(=O)N[C@@H](CCC(N)=O)COc2cccc(CCCOc3cc([C@H](C(=O)N4C[C@H](O)C[C@H]4C(=O)NCc4ccc(-c5scnc5C)cc4)C(C)C)on3)c2Cl)CC1. The van der Waals surface area contributed by atoms with E-state index in [0.29, 0.717) is 56.0 Å². The summed E-state index contributed by atoms with van der Waals surface area (Å²) in [5.41, 5.74) is 11.0. The van der Waals surface area contributed by atoms with Crippen LogP contribution in [0.15, 0.2) is 58.6 Å². The Morgan fingerprint density at radius 2 is 1.81 bits per heavy atom. The summed E-state index contributed by atoms with van der Waals surface area (Å²) in [6, 6.07) is 12.6. The highest BCUT2D eigenvalue weighted by atomic mass is 35.5. The first-order valence-electron chi connectivity index (χ1n) is 24.0. The molecule has 7 rings (SSSR count). The molecule has 0 saturated carbocycles. The summed E-state index contributed by atoms with van der Waals surface area (Å²) in [5.74, 6) is -1.98. The van der Waals surface area contributed by atoms with Crippen LogP contribution >= 0.6 is 22.9 Å². The van der Waals surface area contributed by atoms with Crippen LogP contribution in [0.4, 0.5) is 0 Å². The summed E-state index contributed by atoms with van der Waals surface area (Å²) in [4.78, 5) is 88.6. The molecule has 70 heavy (non-hydrogen) atoms. The summed E-state index contributed by atoms with van der Waals surface area (Å²) in [6.45, 7) is 8.54.